The van der Waals surface area contributed by atoms with Crippen LogP contribution in [0.15, 0.2) is 18.2 Å². The molecule has 0 bridgehead atoms. The second kappa shape index (κ2) is 4.67. The minimum absolute atomic E-state index is 0.0657. The van der Waals surface area contributed by atoms with Gasteiger partial charge in [0, 0.05) is 18.8 Å². The van der Waals surface area contributed by atoms with E-state index < -0.39 is 11.5 Å². The van der Waals surface area contributed by atoms with Crippen molar-refractivity contribution in [2.45, 2.75) is 18.9 Å². The number of carboxylic acid groups (broad SMARTS) is 1. The number of nitrogens with zero attached hydrogens (tertiary/aromatic N) is 1. The van der Waals surface area contributed by atoms with Crippen LogP contribution < -0.4 is 10.6 Å². The molecule has 1 aromatic rings. The lowest BCUT2D eigenvalue weighted by atomic mass is 9.87. The quantitative estimate of drug-likeness (QED) is 0.739. The van der Waals surface area contributed by atoms with Gasteiger partial charge in [0.05, 0.1) is 23.6 Å². The molecule has 3 N–H and O–H groups in total. The smallest absolute Gasteiger partial charge is 0.305 e. The van der Waals surface area contributed by atoms with E-state index in [9.17, 15) is 4.79 Å². The molecule has 18 heavy (non-hydrogen) atoms. The molecular weight excluding hydrogens is 230 g/mol. The van der Waals surface area contributed by atoms with Crippen LogP contribution in [0.1, 0.15) is 17.5 Å². The van der Waals surface area contributed by atoms with Crippen LogP contribution in [0.25, 0.3) is 0 Å². The molecule has 0 radical (unpaired) electrons. The molecule has 5 nitrogen and oxygen atoms in total. The molecule has 1 saturated heterocycles. The van der Waals surface area contributed by atoms with Crippen molar-refractivity contribution >= 4 is 11.7 Å². The van der Waals surface area contributed by atoms with Crippen LogP contribution in [-0.2, 0) is 4.79 Å². The van der Waals surface area contributed by atoms with Crippen LogP contribution in [0.3, 0.4) is 0 Å². The highest BCUT2D eigenvalue weighted by atomic mass is 16.4. The molecule has 1 fully saturated rings. The van der Waals surface area contributed by atoms with Gasteiger partial charge in [-0.2, -0.15) is 5.26 Å². The second-order valence-electron chi connectivity index (χ2n) is 4.72. The van der Waals surface area contributed by atoms with Gasteiger partial charge in [0.15, 0.2) is 0 Å². The van der Waals surface area contributed by atoms with Crippen LogP contribution >= 0.6 is 0 Å². The monoisotopic (exact) mass is 245 g/mol. The molecule has 1 aliphatic heterocycles. The molecule has 94 valence electrons. The van der Waals surface area contributed by atoms with Gasteiger partial charge in [0.2, 0.25) is 0 Å². The van der Waals surface area contributed by atoms with Crippen LogP contribution in [0.2, 0.25) is 0 Å². The predicted molar refractivity (Wildman–Crippen MR) is 67.4 cm³/mol. The van der Waals surface area contributed by atoms with E-state index in [-0.39, 0.29) is 6.42 Å². The number of nitriles is 1. The third-order valence-electron chi connectivity index (χ3n) is 3.18. The van der Waals surface area contributed by atoms with Gasteiger partial charge in [-0.05, 0) is 24.6 Å². The lowest BCUT2D eigenvalue weighted by Gasteiger charge is -2.43. The fraction of sp³-hybridized carbons (Fsp3) is 0.385. The average molecular weight is 245 g/mol. The maximum atomic E-state index is 10.9. The lowest BCUT2D eigenvalue weighted by molar-refractivity contribution is -0.138. The minimum atomic E-state index is -0.821. The molecule has 1 heterocycles. The number of nitrogens with one attached hydrogen (secondary N) is 2. The first kappa shape index (κ1) is 12.4. The van der Waals surface area contributed by atoms with Gasteiger partial charge in [0.25, 0.3) is 0 Å². The molecule has 0 spiro atoms. The number of aryl methyl sites for hydroxylation is 1. The van der Waals surface area contributed by atoms with Crippen molar-refractivity contribution in [3.8, 4) is 6.07 Å². The summed E-state index contributed by atoms with van der Waals surface area (Å²) in [5.41, 5.74) is 1.97. The standard InChI is InChI=1S/C13H15N3O2/c1-9-2-3-10(6-14)4-11(9)16-13(5-12(17)18)7-15-8-13/h2-4,15-16H,5,7-8H2,1H3,(H,17,18). The first-order valence-corrected chi connectivity index (χ1v) is 5.76. The average Bonchev–Trinajstić information content (AvgIpc) is 2.28. The lowest BCUT2D eigenvalue weighted by Crippen LogP contribution is -2.65. The third-order valence-corrected chi connectivity index (χ3v) is 3.18. The van der Waals surface area contributed by atoms with Crippen molar-refractivity contribution in [1.29, 1.82) is 5.26 Å². The number of carboxylic acids is 1. The van der Waals surface area contributed by atoms with Crippen molar-refractivity contribution in [2.24, 2.45) is 0 Å². The molecule has 0 aliphatic carbocycles. The Kier molecular flexibility index (Phi) is 3.21. The van der Waals surface area contributed by atoms with Gasteiger partial charge in [-0.1, -0.05) is 6.07 Å². The number of anilines is 1. The summed E-state index contributed by atoms with van der Waals surface area (Å²) < 4.78 is 0. The number of benzene rings is 1. The molecule has 1 aromatic carbocycles. The van der Waals surface area contributed by atoms with Gasteiger partial charge in [-0.25, -0.2) is 0 Å². The summed E-state index contributed by atoms with van der Waals surface area (Å²) in [6, 6.07) is 7.46. The van der Waals surface area contributed by atoms with E-state index in [1.807, 2.05) is 13.0 Å². The first-order chi connectivity index (χ1) is 8.54. The largest absolute Gasteiger partial charge is 0.481 e. The summed E-state index contributed by atoms with van der Waals surface area (Å²) in [5, 5.41) is 24.2. The molecule has 0 aromatic heterocycles. The van der Waals surface area contributed by atoms with E-state index in [0.717, 1.165) is 11.3 Å². The highest BCUT2D eigenvalue weighted by molar-refractivity contribution is 5.70. The Bertz CT molecular complexity index is 515. The summed E-state index contributed by atoms with van der Waals surface area (Å²) in [7, 11) is 0. The van der Waals surface area contributed by atoms with Crippen molar-refractivity contribution in [2.75, 3.05) is 18.4 Å². The maximum absolute atomic E-state index is 10.9. The zero-order chi connectivity index (χ0) is 13.2. The van der Waals surface area contributed by atoms with Gasteiger partial charge < -0.3 is 15.7 Å². The number of hydrogen-bond donors (Lipinski definition) is 3. The Hall–Kier alpha value is -2.06. The Morgan fingerprint density at radius 1 is 1.61 bits per heavy atom. The van der Waals surface area contributed by atoms with E-state index in [1.54, 1.807) is 12.1 Å². The van der Waals surface area contributed by atoms with Crippen molar-refractivity contribution < 1.29 is 9.90 Å². The molecule has 5 heteroatoms. The van der Waals surface area contributed by atoms with Gasteiger partial charge in [-0.15, -0.1) is 0 Å². The van der Waals surface area contributed by atoms with E-state index in [4.69, 9.17) is 10.4 Å². The Balaban J connectivity index is 2.22. The number of carbonyl (C=O) groups is 1. The molecule has 2 rings (SSSR count). The van der Waals surface area contributed by atoms with E-state index in [1.165, 1.54) is 0 Å². The fourth-order valence-corrected chi connectivity index (χ4v) is 2.09. The van der Waals surface area contributed by atoms with E-state index in [2.05, 4.69) is 16.7 Å². The van der Waals surface area contributed by atoms with Gasteiger partial charge >= 0.3 is 5.97 Å². The number of aliphatic carboxylic acids is 1. The first-order valence-electron chi connectivity index (χ1n) is 5.76. The summed E-state index contributed by atoms with van der Waals surface area (Å²) in [4.78, 5) is 10.9. The van der Waals surface area contributed by atoms with E-state index in [0.29, 0.717) is 18.7 Å². The van der Waals surface area contributed by atoms with Crippen molar-refractivity contribution in [1.82, 2.24) is 5.32 Å². The molecule has 1 aliphatic rings. The summed E-state index contributed by atoms with van der Waals surface area (Å²) in [6.45, 7) is 3.18. The van der Waals surface area contributed by atoms with Crippen molar-refractivity contribution in [3.63, 3.8) is 0 Å². The summed E-state index contributed by atoms with van der Waals surface area (Å²) in [5.74, 6) is -0.821. The number of rotatable bonds is 4. The number of hydrogen-bond acceptors (Lipinski definition) is 4. The normalized spacial score (nSPS) is 16.4. The highest BCUT2D eigenvalue weighted by Gasteiger charge is 2.39. The van der Waals surface area contributed by atoms with Crippen molar-refractivity contribution in [3.05, 3.63) is 29.3 Å². The van der Waals surface area contributed by atoms with Crippen LogP contribution in [0.5, 0.6) is 0 Å². The zero-order valence-electron chi connectivity index (χ0n) is 10.2. The van der Waals surface area contributed by atoms with Crippen LogP contribution in [0, 0.1) is 18.3 Å². The van der Waals surface area contributed by atoms with Gasteiger partial charge in [0.1, 0.15) is 0 Å². The van der Waals surface area contributed by atoms with Crippen LogP contribution in [-0.4, -0.2) is 29.7 Å². The molecular formula is C13H15N3O2. The van der Waals surface area contributed by atoms with E-state index >= 15 is 0 Å². The highest BCUT2D eigenvalue weighted by Crippen LogP contribution is 2.26. The molecule has 0 amide bonds. The predicted octanol–water partition coefficient (Wildman–Crippen LogP) is 1.10. The zero-order valence-corrected chi connectivity index (χ0v) is 10.2. The fourth-order valence-electron chi connectivity index (χ4n) is 2.09. The topological polar surface area (TPSA) is 85.2 Å². The molecule has 0 unspecified atom stereocenters. The molecule has 0 saturated carbocycles. The Morgan fingerprint density at radius 3 is 2.83 bits per heavy atom. The summed E-state index contributed by atoms with van der Waals surface area (Å²) in [6.07, 6.45) is 0.0657. The second-order valence-corrected chi connectivity index (χ2v) is 4.72. The Morgan fingerprint density at radius 2 is 2.33 bits per heavy atom. The Labute approximate surface area is 105 Å². The SMILES string of the molecule is Cc1ccc(C#N)cc1NC1(CC(=O)O)CNC1. The minimum Gasteiger partial charge on any atom is -0.481 e. The third kappa shape index (κ3) is 2.44. The van der Waals surface area contributed by atoms with Crippen LogP contribution in [0.4, 0.5) is 5.69 Å². The molecule has 0 atom stereocenters. The van der Waals surface area contributed by atoms with Gasteiger partial charge in [-0.3, -0.25) is 4.79 Å². The summed E-state index contributed by atoms with van der Waals surface area (Å²) >= 11 is 0. The maximum Gasteiger partial charge on any atom is 0.305 e.